The number of aromatic nitrogens is 2. The van der Waals surface area contributed by atoms with Crippen LogP contribution in [-0.2, 0) is 20.8 Å². The van der Waals surface area contributed by atoms with Crippen molar-refractivity contribution < 1.29 is 14.3 Å². The molecule has 0 aromatic carbocycles. The van der Waals surface area contributed by atoms with Gasteiger partial charge in [0, 0.05) is 20.2 Å². The standard InChI is InChI=1S/C12H21N3O3/c1-4-6-15-9-13-8-10(15)11(12(16)18-3)14-5-7-17-2/h8-9,11,14H,4-7H2,1-3H3. The Kier molecular flexibility index (Phi) is 6.38. The number of nitrogens with one attached hydrogen (secondary N) is 1. The Morgan fingerprint density at radius 1 is 1.56 bits per heavy atom. The van der Waals surface area contributed by atoms with E-state index >= 15 is 0 Å². The van der Waals surface area contributed by atoms with E-state index in [4.69, 9.17) is 9.47 Å². The minimum atomic E-state index is -0.501. The van der Waals surface area contributed by atoms with Gasteiger partial charge in [-0.15, -0.1) is 0 Å². The first-order valence-corrected chi connectivity index (χ1v) is 6.04. The van der Waals surface area contributed by atoms with Crippen molar-refractivity contribution in [2.24, 2.45) is 0 Å². The monoisotopic (exact) mass is 255 g/mol. The first-order valence-electron chi connectivity index (χ1n) is 6.04. The van der Waals surface area contributed by atoms with Gasteiger partial charge in [-0.1, -0.05) is 6.92 Å². The number of rotatable bonds is 8. The van der Waals surface area contributed by atoms with Crippen molar-refractivity contribution in [2.75, 3.05) is 27.4 Å². The second kappa shape index (κ2) is 7.84. The molecule has 18 heavy (non-hydrogen) atoms. The number of hydrogen-bond donors (Lipinski definition) is 1. The fraction of sp³-hybridized carbons (Fsp3) is 0.667. The molecular weight excluding hydrogens is 234 g/mol. The van der Waals surface area contributed by atoms with E-state index < -0.39 is 6.04 Å². The summed E-state index contributed by atoms with van der Waals surface area (Å²) in [4.78, 5) is 15.9. The first kappa shape index (κ1) is 14.7. The summed E-state index contributed by atoms with van der Waals surface area (Å²) in [6.45, 7) is 4.02. The Bertz CT molecular complexity index is 365. The SMILES string of the molecule is CCCn1cncc1C(NCCOC)C(=O)OC. The van der Waals surface area contributed by atoms with E-state index in [0.717, 1.165) is 18.7 Å². The van der Waals surface area contributed by atoms with Gasteiger partial charge in [0.05, 0.1) is 31.9 Å². The molecule has 6 heteroatoms. The molecule has 0 radical (unpaired) electrons. The fourth-order valence-electron chi connectivity index (χ4n) is 1.73. The molecule has 1 aromatic heterocycles. The Morgan fingerprint density at radius 2 is 2.33 bits per heavy atom. The molecule has 0 aliphatic carbocycles. The van der Waals surface area contributed by atoms with Gasteiger partial charge < -0.3 is 14.0 Å². The molecule has 0 aliphatic rings. The Balaban J connectivity index is 2.80. The molecular formula is C12H21N3O3. The maximum atomic E-state index is 11.8. The van der Waals surface area contributed by atoms with Gasteiger partial charge in [-0.3, -0.25) is 5.32 Å². The van der Waals surface area contributed by atoms with E-state index in [1.165, 1.54) is 7.11 Å². The number of methoxy groups -OCH3 is 2. The molecule has 102 valence electrons. The summed E-state index contributed by atoms with van der Waals surface area (Å²) in [6.07, 6.45) is 4.40. The second-order valence-corrected chi connectivity index (χ2v) is 3.91. The maximum Gasteiger partial charge on any atom is 0.329 e. The van der Waals surface area contributed by atoms with E-state index in [0.29, 0.717) is 13.2 Å². The van der Waals surface area contributed by atoms with Gasteiger partial charge in [0.2, 0.25) is 0 Å². The normalized spacial score (nSPS) is 12.4. The van der Waals surface area contributed by atoms with Gasteiger partial charge in [0.25, 0.3) is 0 Å². The van der Waals surface area contributed by atoms with Crippen LogP contribution in [0.1, 0.15) is 25.1 Å². The van der Waals surface area contributed by atoms with Crippen LogP contribution in [-0.4, -0.2) is 42.9 Å². The highest BCUT2D eigenvalue weighted by molar-refractivity contribution is 5.76. The van der Waals surface area contributed by atoms with Crippen molar-refractivity contribution in [3.63, 3.8) is 0 Å². The van der Waals surface area contributed by atoms with Crippen molar-refractivity contribution >= 4 is 5.97 Å². The summed E-state index contributed by atoms with van der Waals surface area (Å²) in [5.41, 5.74) is 0.819. The number of carbonyl (C=O) groups is 1. The molecule has 1 unspecified atom stereocenters. The predicted molar refractivity (Wildman–Crippen MR) is 67.2 cm³/mol. The van der Waals surface area contributed by atoms with Crippen molar-refractivity contribution in [2.45, 2.75) is 25.9 Å². The summed E-state index contributed by atoms with van der Waals surface area (Å²) < 4.78 is 11.7. The zero-order chi connectivity index (χ0) is 13.4. The third kappa shape index (κ3) is 3.82. The summed E-state index contributed by atoms with van der Waals surface area (Å²) in [5.74, 6) is -0.316. The number of hydrogen-bond acceptors (Lipinski definition) is 5. The number of nitrogens with zero attached hydrogens (tertiary/aromatic N) is 2. The van der Waals surface area contributed by atoms with E-state index in [1.807, 2.05) is 4.57 Å². The van der Waals surface area contributed by atoms with Gasteiger partial charge in [-0.25, -0.2) is 9.78 Å². The van der Waals surface area contributed by atoms with Gasteiger partial charge in [-0.05, 0) is 6.42 Å². The Labute approximate surface area is 107 Å². The van der Waals surface area contributed by atoms with Crippen LogP contribution in [0.25, 0.3) is 0 Å². The van der Waals surface area contributed by atoms with Crippen LogP contribution in [0, 0.1) is 0 Å². The molecule has 0 saturated carbocycles. The van der Waals surface area contributed by atoms with Crippen LogP contribution < -0.4 is 5.32 Å². The highest BCUT2D eigenvalue weighted by atomic mass is 16.5. The van der Waals surface area contributed by atoms with Crippen LogP contribution in [0.15, 0.2) is 12.5 Å². The molecule has 1 rings (SSSR count). The number of imidazole rings is 1. The molecule has 1 N–H and O–H groups in total. The third-order valence-corrected chi connectivity index (χ3v) is 2.60. The molecule has 1 atom stereocenters. The molecule has 0 amide bonds. The van der Waals surface area contributed by atoms with Crippen LogP contribution in [0.3, 0.4) is 0 Å². The average Bonchev–Trinajstić information content (AvgIpc) is 2.82. The lowest BCUT2D eigenvalue weighted by Gasteiger charge is -2.17. The topological polar surface area (TPSA) is 65.4 Å². The van der Waals surface area contributed by atoms with Crippen molar-refractivity contribution in [1.82, 2.24) is 14.9 Å². The lowest BCUT2D eigenvalue weighted by atomic mass is 10.2. The maximum absolute atomic E-state index is 11.8. The number of ether oxygens (including phenoxy) is 2. The van der Waals surface area contributed by atoms with Gasteiger partial charge in [0.15, 0.2) is 0 Å². The second-order valence-electron chi connectivity index (χ2n) is 3.91. The van der Waals surface area contributed by atoms with E-state index in [9.17, 15) is 4.79 Å². The largest absolute Gasteiger partial charge is 0.468 e. The highest BCUT2D eigenvalue weighted by Gasteiger charge is 2.23. The van der Waals surface area contributed by atoms with Crippen molar-refractivity contribution in [1.29, 1.82) is 0 Å². The van der Waals surface area contributed by atoms with Crippen molar-refractivity contribution in [3.8, 4) is 0 Å². The smallest absolute Gasteiger partial charge is 0.329 e. The molecule has 6 nitrogen and oxygen atoms in total. The predicted octanol–water partition coefficient (Wildman–Crippen LogP) is 0.743. The molecule has 0 spiro atoms. The van der Waals surface area contributed by atoms with Crippen LogP contribution in [0.4, 0.5) is 0 Å². The summed E-state index contributed by atoms with van der Waals surface area (Å²) in [5, 5.41) is 3.11. The summed E-state index contributed by atoms with van der Waals surface area (Å²) >= 11 is 0. The lowest BCUT2D eigenvalue weighted by molar-refractivity contribution is -0.143. The van der Waals surface area contributed by atoms with Crippen LogP contribution >= 0.6 is 0 Å². The van der Waals surface area contributed by atoms with E-state index in [1.54, 1.807) is 19.6 Å². The first-order chi connectivity index (χ1) is 8.74. The average molecular weight is 255 g/mol. The van der Waals surface area contributed by atoms with Gasteiger partial charge in [-0.2, -0.15) is 0 Å². The molecule has 0 bridgehead atoms. The third-order valence-electron chi connectivity index (χ3n) is 2.60. The fourth-order valence-corrected chi connectivity index (χ4v) is 1.73. The molecule has 1 heterocycles. The van der Waals surface area contributed by atoms with Crippen LogP contribution in [0.2, 0.25) is 0 Å². The van der Waals surface area contributed by atoms with Crippen molar-refractivity contribution in [3.05, 3.63) is 18.2 Å². The van der Waals surface area contributed by atoms with Crippen LogP contribution in [0.5, 0.6) is 0 Å². The quantitative estimate of drug-likeness (QED) is 0.548. The Morgan fingerprint density at radius 3 is 2.94 bits per heavy atom. The minimum Gasteiger partial charge on any atom is -0.468 e. The van der Waals surface area contributed by atoms with Gasteiger partial charge >= 0.3 is 5.97 Å². The number of esters is 1. The Hall–Kier alpha value is -1.40. The zero-order valence-corrected chi connectivity index (χ0v) is 11.2. The number of aryl methyl sites for hydroxylation is 1. The highest BCUT2D eigenvalue weighted by Crippen LogP contribution is 2.14. The summed E-state index contributed by atoms with van der Waals surface area (Å²) in [6, 6.07) is -0.501. The molecule has 0 fully saturated rings. The van der Waals surface area contributed by atoms with E-state index in [2.05, 4.69) is 17.2 Å². The lowest BCUT2D eigenvalue weighted by Crippen LogP contribution is -2.33. The molecule has 0 saturated heterocycles. The zero-order valence-electron chi connectivity index (χ0n) is 11.2. The minimum absolute atomic E-state index is 0.316. The van der Waals surface area contributed by atoms with Gasteiger partial charge in [0.1, 0.15) is 6.04 Å². The van der Waals surface area contributed by atoms with E-state index in [-0.39, 0.29) is 5.97 Å². The summed E-state index contributed by atoms with van der Waals surface area (Å²) in [7, 11) is 3.00. The molecule has 0 aliphatic heterocycles. The number of carbonyl (C=O) groups excluding carboxylic acids is 1. The molecule has 1 aromatic rings.